The Balaban J connectivity index is 1.02. The molecule has 39 heavy (non-hydrogen) atoms. The minimum absolute atomic E-state index is 0.233. The maximum atomic E-state index is 12.7. The van der Waals surface area contributed by atoms with Crippen LogP contribution < -0.4 is 4.74 Å². The van der Waals surface area contributed by atoms with E-state index in [1.165, 1.54) is 4.90 Å². The number of benzene rings is 2. The molecule has 2 aliphatic rings. The molecule has 9 nitrogen and oxygen atoms in total. The van der Waals surface area contributed by atoms with E-state index in [1.807, 2.05) is 66.7 Å². The number of aromatic nitrogens is 1. The van der Waals surface area contributed by atoms with E-state index in [9.17, 15) is 9.59 Å². The molecule has 1 aromatic heterocycles. The number of carbonyl (C=O) groups excluding carboxylic acids is 2. The minimum atomic E-state index is -0.695. The summed E-state index contributed by atoms with van der Waals surface area (Å²) in [5, 5.41) is 0. The van der Waals surface area contributed by atoms with E-state index in [4.69, 9.17) is 18.6 Å². The fourth-order valence-corrected chi connectivity index (χ4v) is 4.55. The number of hydrogen-bond acceptors (Lipinski definition) is 8. The number of imide groups is 1. The number of hydrogen-bond donors (Lipinski definition) is 0. The van der Waals surface area contributed by atoms with Crippen molar-refractivity contribution in [1.29, 1.82) is 0 Å². The zero-order valence-corrected chi connectivity index (χ0v) is 21.9. The topological polar surface area (TPSA) is 94.3 Å². The van der Waals surface area contributed by atoms with Crippen LogP contribution in [-0.2, 0) is 27.3 Å². The van der Waals surface area contributed by atoms with Gasteiger partial charge in [-0.1, -0.05) is 42.5 Å². The standard InChI is InChI=1S/C30H33N3O6/c34-29-27(39-30(35)33(29)16-15-32-17-19-36-20-18-32)8-4-7-24-9-12-26(13-10-24)37-21-25-22-38-28(31-25)14-11-23-5-2-1-3-6-23/h1-3,5-6,9-14,22,27H,4,7-8,15-21H2. The van der Waals surface area contributed by atoms with Crippen LogP contribution in [0.5, 0.6) is 5.75 Å². The number of nitrogens with zero attached hydrogens (tertiary/aromatic N) is 3. The van der Waals surface area contributed by atoms with E-state index >= 15 is 0 Å². The number of amides is 2. The molecule has 0 aliphatic carbocycles. The lowest BCUT2D eigenvalue weighted by Crippen LogP contribution is -2.43. The van der Waals surface area contributed by atoms with Gasteiger partial charge < -0.3 is 18.6 Å². The largest absolute Gasteiger partial charge is 0.487 e. The van der Waals surface area contributed by atoms with Gasteiger partial charge in [0.2, 0.25) is 5.89 Å². The second-order valence-corrected chi connectivity index (χ2v) is 9.56. The summed E-state index contributed by atoms with van der Waals surface area (Å²) in [6, 6.07) is 17.8. The first-order valence-electron chi connectivity index (χ1n) is 13.4. The average molecular weight is 532 g/mol. The maximum absolute atomic E-state index is 12.7. The highest BCUT2D eigenvalue weighted by atomic mass is 16.6. The van der Waals surface area contributed by atoms with Crippen molar-refractivity contribution in [2.24, 2.45) is 0 Å². The highest BCUT2D eigenvalue weighted by Gasteiger charge is 2.39. The van der Waals surface area contributed by atoms with Crippen molar-refractivity contribution in [3.05, 3.63) is 83.6 Å². The molecule has 2 saturated heterocycles. The number of oxazole rings is 1. The molecule has 2 amide bonds. The fraction of sp³-hybridized carbons (Fsp3) is 0.367. The third kappa shape index (κ3) is 7.55. The number of aryl methyl sites for hydroxylation is 1. The number of ether oxygens (including phenoxy) is 3. The fourth-order valence-electron chi connectivity index (χ4n) is 4.55. The van der Waals surface area contributed by atoms with E-state index in [1.54, 1.807) is 6.26 Å². The molecular formula is C30H33N3O6. The third-order valence-electron chi connectivity index (χ3n) is 6.78. The average Bonchev–Trinajstić information content (AvgIpc) is 3.54. The van der Waals surface area contributed by atoms with Crippen LogP contribution in [-0.4, -0.2) is 72.3 Å². The van der Waals surface area contributed by atoms with Crippen molar-refractivity contribution >= 4 is 24.2 Å². The first-order valence-corrected chi connectivity index (χ1v) is 13.4. The summed E-state index contributed by atoms with van der Waals surface area (Å²) < 4.78 is 22.0. The van der Waals surface area contributed by atoms with Gasteiger partial charge in [0.05, 0.1) is 13.2 Å². The van der Waals surface area contributed by atoms with Crippen molar-refractivity contribution in [2.45, 2.75) is 32.0 Å². The highest BCUT2D eigenvalue weighted by Crippen LogP contribution is 2.20. The molecular weight excluding hydrogens is 498 g/mol. The SMILES string of the molecule is O=C1OC(CCCc2ccc(OCc3coc(C=Cc4ccccc4)n3)cc2)C(=O)N1CCN1CCOCC1. The van der Waals surface area contributed by atoms with Crippen molar-refractivity contribution in [3.8, 4) is 5.75 Å². The zero-order valence-electron chi connectivity index (χ0n) is 21.9. The van der Waals surface area contributed by atoms with Gasteiger partial charge in [-0.2, -0.15) is 0 Å². The molecule has 1 unspecified atom stereocenters. The van der Waals surface area contributed by atoms with Gasteiger partial charge >= 0.3 is 6.09 Å². The van der Waals surface area contributed by atoms with Crippen LogP contribution in [0.1, 0.15) is 35.6 Å². The number of morpholine rings is 1. The van der Waals surface area contributed by atoms with Crippen LogP contribution in [0, 0.1) is 0 Å². The van der Waals surface area contributed by atoms with Gasteiger partial charge in [0.15, 0.2) is 6.10 Å². The first kappa shape index (κ1) is 26.6. The normalized spacial score (nSPS) is 18.2. The predicted molar refractivity (Wildman–Crippen MR) is 145 cm³/mol. The Morgan fingerprint density at radius 2 is 1.77 bits per heavy atom. The van der Waals surface area contributed by atoms with Crippen molar-refractivity contribution in [1.82, 2.24) is 14.8 Å². The van der Waals surface area contributed by atoms with Crippen LogP contribution in [0.2, 0.25) is 0 Å². The summed E-state index contributed by atoms with van der Waals surface area (Å²) in [5.74, 6) is 1.03. The molecule has 2 fully saturated rings. The molecule has 9 heteroatoms. The molecule has 3 heterocycles. The monoisotopic (exact) mass is 531 g/mol. The molecule has 0 N–H and O–H groups in total. The molecule has 2 aliphatic heterocycles. The predicted octanol–water partition coefficient (Wildman–Crippen LogP) is 4.43. The smallest absolute Gasteiger partial charge is 0.417 e. The molecule has 0 radical (unpaired) electrons. The van der Waals surface area contributed by atoms with Crippen molar-refractivity contribution < 1.29 is 28.2 Å². The Kier molecular flexibility index (Phi) is 9.03. The number of carbonyl (C=O) groups is 2. The van der Waals surface area contributed by atoms with Crippen LogP contribution >= 0.6 is 0 Å². The van der Waals surface area contributed by atoms with Crippen LogP contribution in [0.25, 0.3) is 12.2 Å². The molecule has 2 aromatic carbocycles. The van der Waals surface area contributed by atoms with Gasteiger partial charge in [-0.25, -0.2) is 14.7 Å². The van der Waals surface area contributed by atoms with Gasteiger partial charge in [-0.15, -0.1) is 0 Å². The second-order valence-electron chi connectivity index (χ2n) is 9.56. The van der Waals surface area contributed by atoms with Gasteiger partial charge in [0.25, 0.3) is 5.91 Å². The van der Waals surface area contributed by atoms with Crippen molar-refractivity contribution in [2.75, 3.05) is 39.4 Å². The van der Waals surface area contributed by atoms with Gasteiger partial charge in [-0.05, 0) is 48.6 Å². The van der Waals surface area contributed by atoms with Crippen LogP contribution in [0.15, 0.2) is 65.3 Å². The Morgan fingerprint density at radius 1 is 0.974 bits per heavy atom. The second kappa shape index (κ2) is 13.2. The van der Waals surface area contributed by atoms with Gasteiger partial charge in [0, 0.05) is 32.3 Å². The quantitative estimate of drug-likeness (QED) is 0.339. The number of cyclic esters (lactones) is 1. The molecule has 1 atom stereocenters. The van der Waals surface area contributed by atoms with E-state index < -0.39 is 12.2 Å². The molecule has 0 saturated carbocycles. The summed E-state index contributed by atoms with van der Waals surface area (Å²) in [7, 11) is 0. The summed E-state index contributed by atoms with van der Waals surface area (Å²) in [6.07, 6.45) is 6.16. The summed E-state index contributed by atoms with van der Waals surface area (Å²) >= 11 is 0. The summed E-state index contributed by atoms with van der Waals surface area (Å²) in [6.45, 7) is 4.31. The lowest BCUT2D eigenvalue weighted by atomic mass is 10.1. The third-order valence-corrected chi connectivity index (χ3v) is 6.78. The molecule has 3 aromatic rings. The van der Waals surface area contributed by atoms with E-state index in [0.29, 0.717) is 50.9 Å². The lowest BCUT2D eigenvalue weighted by Gasteiger charge is -2.27. The molecule has 0 bridgehead atoms. The summed E-state index contributed by atoms with van der Waals surface area (Å²) in [4.78, 5) is 32.7. The van der Waals surface area contributed by atoms with Gasteiger partial charge in [-0.3, -0.25) is 9.69 Å². The highest BCUT2D eigenvalue weighted by molar-refractivity contribution is 6.00. The molecule has 0 spiro atoms. The van der Waals surface area contributed by atoms with E-state index in [-0.39, 0.29) is 5.91 Å². The van der Waals surface area contributed by atoms with Gasteiger partial charge in [0.1, 0.15) is 24.3 Å². The van der Waals surface area contributed by atoms with E-state index in [0.717, 1.165) is 42.8 Å². The summed E-state index contributed by atoms with van der Waals surface area (Å²) in [5.41, 5.74) is 2.91. The Bertz CT molecular complexity index is 1250. The Morgan fingerprint density at radius 3 is 2.56 bits per heavy atom. The van der Waals surface area contributed by atoms with Crippen LogP contribution in [0.3, 0.4) is 0 Å². The first-order chi connectivity index (χ1) is 19.1. The Labute approximate surface area is 228 Å². The molecule has 204 valence electrons. The minimum Gasteiger partial charge on any atom is -0.487 e. The zero-order chi connectivity index (χ0) is 26.9. The molecule has 5 rings (SSSR count). The Hall–Kier alpha value is -3.95. The lowest BCUT2D eigenvalue weighted by molar-refractivity contribution is -0.130. The maximum Gasteiger partial charge on any atom is 0.417 e. The van der Waals surface area contributed by atoms with E-state index in [2.05, 4.69) is 9.88 Å². The van der Waals surface area contributed by atoms with Crippen LogP contribution in [0.4, 0.5) is 4.79 Å². The van der Waals surface area contributed by atoms with Crippen molar-refractivity contribution in [3.63, 3.8) is 0 Å². The number of rotatable bonds is 12.